The van der Waals surface area contributed by atoms with Crippen LogP contribution in [-0.4, -0.2) is 16.3 Å². The number of nitrogens with zero attached hydrogens (tertiary/aromatic N) is 1. The summed E-state index contributed by atoms with van der Waals surface area (Å²) in [5.74, 6) is 0.990. The van der Waals surface area contributed by atoms with Gasteiger partial charge in [0.25, 0.3) is 0 Å². The largest absolute Gasteiger partial charge is 0.490 e. The summed E-state index contributed by atoms with van der Waals surface area (Å²) in [7, 11) is 0. The van der Waals surface area contributed by atoms with Crippen LogP contribution in [0, 0.1) is 6.92 Å². The molecule has 1 saturated carbocycles. The third-order valence-corrected chi connectivity index (χ3v) is 2.55. The highest BCUT2D eigenvalue weighted by molar-refractivity contribution is 5.80. The second-order valence-electron chi connectivity index (χ2n) is 3.89. The van der Waals surface area contributed by atoms with Crippen molar-refractivity contribution in [1.82, 2.24) is 10.2 Å². The molecule has 1 N–H and O–H groups in total. The van der Waals surface area contributed by atoms with Crippen LogP contribution >= 0.6 is 0 Å². The first kappa shape index (κ1) is 7.85. The quantitative estimate of drug-likeness (QED) is 0.785. The molecular weight excluding hydrogens is 176 g/mol. The first-order valence-corrected chi connectivity index (χ1v) is 4.93. The van der Waals surface area contributed by atoms with Crippen molar-refractivity contribution < 1.29 is 4.74 Å². The van der Waals surface area contributed by atoms with E-state index >= 15 is 0 Å². The normalized spacial score (nSPS) is 16.1. The van der Waals surface area contributed by atoms with Gasteiger partial charge in [0.2, 0.25) is 0 Å². The molecule has 1 aliphatic carbocycles. The van der Waals surface area contributed by atoms with Gasteiger partial charge in [-0.2, -0.15) is 5.10 Å². The lowest BCUT2D eigenvalue weighted by molar-refractivity contribution is 0.301. The third-order valence-electron chi connectivity index (χ3n) is 2.55. The monoisotopic (exact) mass is 188 g/mol. The van der Waals surface area contributed by atoms with E-state index in [-0.39, 0.29) is 0 Å². The Balaban J connectivity index is 2.07. The molecule has 0 amide bonds. The van der Waals surface area contributed by atoms with E-state index in [9.17, 15) is 0 Å². The zero-order valence-corrected chi connectivity index (χ0v) is 8.08. The van der Waals surface area contributed by atoms with Gasteiger partial charge in [0.15, 0.2) is 0 Å². The molecule has 1 aliphatic rings. The molecule has 1 aromatic heterocycles. The summed E-state index contributed by atoms with van der Waals surface area (Å²) in [4.78, 5) is 0. The Bertz CT molecular complexity index is 471. The number of aryl methyl sites for hydroxylation is 1. The van der Waals surface area contributed by atoms with Crippen molar-refractivity contribution in [2.45, 2.75) is 25.9 Å². The summed E-state index contributed by atoms with van der Waals surface area (Å²) in [6.07, 6.45) is 4.68. The van der Waals surface area contributed by atoms with E-state index in [0.29, 0.717) is 6.10 Å². The van der Waals surface area contributed by atoms with Gasteiger partial charge in [-0.25, -0.2) is 0 Å². The summed E-state index contributed by atoms with van der Waals surface area (Å²) in [5.41, 5.74) is 2.23. The molecule has 0 aliphatic heterocycles. The van der Waals surface area contributed by atoms with Crippen LogP contribution in [0.1, 0.15) is 18.4 Å². The maximum atomic E-state index is 5.79. The molecule has 0 unspecified atom stereocenters. The Morgan fingerprint density at radius 1 is 1.43 bits per heavy atom. The zero-order chi connectivity index (χ0) is 9.54. The summed E-state index contributed by atoms with van der Waals surface area (Å²) in [6, 6.07) is 4.15. The second-order valence-corrected chi connectivity index (χ2v) is 3.89. The SMILES string of the molecule is Cc1cc2cn[nH]c2cc1OC1CC1. The molecule has 3 nitrogen and oxygen atoms in total. The van der Waals surface area contributed by atoms with Crippen LogP contribution in [-0.2, 0) is 0 Å². The van der Waals surface area contributed by atoms with Crippen molar-refractivity contribution in [2.24, 2.45) is 0 Å². The van der Waals surface area contributed by atoms with Gasteiger partial charge in [-0.3, -0.25) is 5.10 Å². The van der Waals surface area contributed by atoms with Crippen LogP contribution in [0.3, 0.4) is 0 Å². The third kappa shape index (κ3) is 1.25. The van der Waals surface area contributed by atoms with Crippen LogP contribution in [0.2, 0.25) is 0 Å². The van der Waals surface area contributed by atoms with E-state index in [4.69, 9.17) is 4.74 Å². The van der Waals surface area contributed by atoms with Gasteiger partial charge in [-0.1, -0.05) is 0 Å². The number of hydrogen-bond donors (Lipinski definition) is 1. The van der Waals surface area contributed by atoms with Crippen molar-refractivity contribution in [3.63, 3.8) is 0 Å². The summed E-state index contributed by atoms with van der Waals surface area (Å²) < 4.78 is 5.79. The molecule has 1 aromatic carbocycles. The van der Waals surface area contributed by atoms with Crippen LogP contribution in [0.25, 0.3) is 10.9 Å². The number of aromatic nitrogens is 2. The van der Waals surface area contributed by atoms with Crippen molar-refractivity contribution in [1.29, 1.82) is 0 Å². The number of hydrogen-bond acceptors (Lipinski definition) is 2. The van der Waals surface area contributed by atoms with Gasteiger partial charge >= 0.3 is 0 Å². The van der Waals surface area contributed by atoms with Gasteiger partial charge < -0.3 is 4.74 Å². The Hall–Kier alpha value is -1.51. The number of rotatable bonds is 2. The summed E-state index contributed by atoms with van der Waals surface area (Å²) >= 11 is 0. The molecule has 0 saturated heterocycles. The number of H-pyrrole nitrogens is 1. The lowest BCUT2D eigenvalue weighted by Crippen LogP contribution is -1.97. The maximum absolute atomic E-state index is 5.79. The number of aromatic amines is 1. The number of nitrogens with one attached hydrogen (secondary N) is 1. The Morgan fingerprint density at radius 2 is 2.29 bits per heavy atom. The number of ether oxygens (including phenoxy) is 1. The van der Waals surface area contributed by atoms with Crippen molar-refractivity contribution in [3.05, 3.63) is 23.9 Å². The maximum Gasteiger partial charge on any atom is 0.124 e. The van der Waals surface area contributed by atoms with Crippen molar-refractivity contribution >= 4 is 10.9 Å². The smallest absolute Gasteiger partial charge is 0.124 e. The molecule has 0 atom stereocenters. The molecule has 14 heavy (non-hydrogen) atoms. The minimum atomic E-state index is 0.453. The van der Waals surface area contributed by atoms with E-state index in [0.717, 1.165) is 16.7 Å². The molecule has 72 valence electrons. The van der Waals surface area contributed by atoms with Gasteiger partial charge in [0, 0.05) is 11.5 Å². The summed E-state index contributed by atoms with van der Waals surface area (Å²) in [6.45, 7) is 2.07. The standard InChI is InChI=1S/C11H12N2O/c1-7-4-8-6-12-13-10(8)5-11(7)14-9-2-3-9/h4-6,9H,2-3H2,1H3,(H,12,13). The molecule has 0 spiro atoms. The minimum Gasteiger partial charge on any atom is -0.490 e. The first-order chi connectivity index (χ1) is 6.83. The predicted octanol–water partition coefficient (Wildman–Crippen LogP) is 2.41. The van der Waals surface area contributed by atoms with E-state index in [1.165, 1.54) is 18.4 Å². The van der Waals surface area contributed by atoms with Gasteiger partial charge in [0.05, 0.1) is 17.8 Å². The molecule has 3 rings (SSSR count). The Morgan fingerprint density at radius 3 is 3.07 bits per heavy atom. The predicted molar refractivity (Wildman–Crippen MR) is 54.5 cm³/mol. The van der Waals surface area contributed by atoms with Crippen molar-refractivity contribution in [2.75, 3.05) is 0 Å². The number of benzene rings is 1. The molecule has 1 fully saturated rings. The van der Waals surface area contributed by atoms with Crippen LogP contribution < -0.4 is 4.74 Å². The molecule has 0 radical (unpaired) electrons. The van der Waals surface area contributed by atoms with E-state index < -0.39 is 0 Å². The first-order valence-electron chi connectivity index (χ1n) is 4.93. The molecule has 2 aromatic rings. The lowest BCUT2D eigenvalue weighted by atomic mass is 10.1. The van der Waals surface area contributed by atoms with Crippen LogP contribution in [0.5, 0.6) is 5.75 Å². The van der Waals surface area contributed by atoms with Gasteiger partial charge in [-0.05, 0) is 31.4 Å². The highest BCUT2D eigenvalue weighted by Gasteiger charge is 2.24. The highest BCUT2D eigenvalue weighted by Crippen LogP contribution is 2.31. The van der Waals surface area contributed by atoms with E-state index in [1.54, 1.807) is 0 Å². The Labute approximate surface area is 82.1 Å². The van der Waals surface area contributed by atoms with E-state index in [2.05, 4.69) is 23.2 Å². The highest BCUT2D eigenvalue weighted by atomic mass is 16.5. The van der Waals surface area contributed by atoms with Gasteiger partial charge in [-0.15, -0.1) is 0 Å². The number of fused-ring (bicyclic) bond motifs is 1. The van der Waals surface area contributed by atoms with Crippen LogP contribution in [0.15, 0.2) is 18.3 Å². The fourth-order valence-electron chi connectivity index (χ4n) is 1.58. The average Bonchev–Trinajstić information content (AvgIpc) is 2.85. The fourth-order valence-corrected chi connectivity index (χ4v) is 1.58. The molecule has 3 heteroatoms. The Kier molecular flexibility index (Phi) is 1.54. The molecule has 0 bridgehead atoms. The zero-order valence-electron chi connectivity index (χ0n) is 8.08. The molecule has 1 heterocycles. The minimum absolute atomic E-state index is 0.453. The average molecular weight is 188 g/mol. The second kappa shape index (κ2) is 2.74. The van der Waals surface area contributed by atoms with Crippen molar-refractivity contribution in [3.8, 4) is 5.75 Å². The van der Waals surface area contributed by atoms with E-state index in [1.807, 2.05) is 12.3 Å². The molecular formula is C11H12N2O. The van der Waals surface area contributed by atoms with Gasteiger partial charge in [0.1, 0.15) is 5.75 Å². The summed E-state index contributed by atoms with van der Waals surface area (Å²) in [5, 5.41) is 8.09. The topological polar surface area (TPSA) is 37.9 Å². The lowest BCUT2D eigenvalue weighted by Gasteiger charge is -2.07. The van der Waals surface area contributed by atoms with Crippen LogP contribution in [0.4, 0.5) is 0 Å². The fraction of sp³-hybridized carbons (Fsp3) is 0.364.